The standard InChI is InChI=1S/C18H20N2O3/c1-23-11-9-19-17(21)16-8-10-20(18(16)22)15-7-6-13-4-2-3-5-14(13)12-15/h2-7,12,16H,8-11H2,1H3,(H,19,21). The molecule has 1 atom stereocenters. The first-order chi connectivity index (χ1) is 11.2. The van der Waals surface area contributed by atoms with Crippen LogP contribution >= 0.6 is 0 Å². The van der Waals surface area contributed by atoms with E-state index in [9.17, 15) is 9.59 Å². The number of methoxy groups -OCH3 is 1. The smallest absolute Gasteiger partial charge is 0.239 e. The molecule has 1 fully saturated rings. The molecule has 0 bridgehead atoms. The van der Waals surface area contributed by atoms with Crippen LogP contribution in [0.4, 0.5) is 5.69 Å². The van der Waals surface area contributed by atoms with E-state index in [0.29, 0.717) is 26.1 Å². The van der Waals surface area contributed by atoms with Crippen molar-refractivity contribution in [3.05, 3.63) is 42.5 Å². The lowest BCUT2D eigenvalue weighted by molar-refractivity contribution is -0.132. The quantitative estimate of drug-likeness (QED) is 0.678. The summed E-state index contributed by atoms with van der Waals surface area (Å²) in [4.78, 5) is 26.4. The molecule has 5 nitrogen and oxygen atoms in total. The Morgan fingerprint density at radius 1 is 1.26 bits per heavy atom. The number of nitrogens with one attached hydrogen (secondary N) is 1. The zero-order valence-corrected chi connectivity index (χ0v) is 13.1. The summed E-state index contributed by atoms with van der Waals surface area (Å²) in [5, 5.41) is 4.97. The van der Waals surface area contributed by atoms with Gasteiger partial charge in [-0.25, -0.2) is 0 Å². The van der Waals surface area contributed by atoms with Crippen molar-refractivity contribution >= 4 is 28.3 Å². The first kappa shape index (κ1) is 15.5. The van der Waals surface area contributed by atoms with Crippen LogP contribution in [0.1, 0.15) is 6.42 Å². The lowest BCUT2D eigenvalue weighted by atomic mass is 10.1. The number of benzene rings is 2. The molecule has 23 heavy (non-hydrogen) atoms. The second-order valence-electron chi connectivity index (χ2n) is 5.65. The van der Waals surface area contributed by atoms with Crippen molar-refractivity contribution in [2.45, 2.75) is 6.42 Å². The normalized spacial score (nSPS) is 17.7. The van der Waals surface area contributed by atoms with E-state index in [4.69, 9.17) is 4.74 Å². The predicted octanol–water partition coefficient (Wildman–Crippen LogP) is 1.96. The molecule has 1 aliphatic rings. The van der Waals surface area contributed by atoms with Crippen molar-refractivity contribution in [3.8, 4) is 0 Å². The van der Waals surface area contributed by atoms with E-state index in [1.807, 2.05) is 42.5 Å². The monoisotopic (exact) mass is 312 g/mol. The summed E-state index contributed by atoms with van der Waals surface area (Å²) in [6, 6.07) is 14.0. The average molecular weight is 312 g/mol. The molecule has 2 amide bonds. The van der Waals surface area contributed by atoms with E-state index < -0.39 is 5.92 Å². The molecule has 0 aromatic heterocycles. The van der Waals surface area contributed by atoms with E-state index in [1.165, 1.54) is 0 Å². The second-order valence-corrected chi connectivity index (χ2v) is 5.65. The number of ether oxygens (including phenoxy) is 1. The number of carbonyl (C=O) groups excluding carboxylic acids is 2. The number of nitrogens with zero attached hydrogens (tertiary/aromatic N) is 1. The van der Waals surface area contributed by atoms with E-state index in [-0.39, 0.29) is 11.8 Å². The predicted molar refractivity (Wildman–Crippen MR) is 89.3 cm³/mol. The van der Waals surface area contributed by atoms with Crippen molar-refractivity contribution in [2.75, 3.05) is 31.7 Å². The Bertz CT molecular complexity index is 729. The van der Waals surface area contributed by atoms with Crippen LogP contribution in [-0.4, -0.2) is 38.6 Å². The molecule has 0 saturated carbocycles. The molecule has 0 spiro atoms. The highest BCUT2D eigenvalue weighted by Gasteiger charge is 2.37. The molecule has 120 valence electrons. The van der Waals surface area contributed by atoms with Crippen molar-refractivity contribution in [3.63, 3.8) is 0 Å². The van der Waals surface area contributed by atoms with Crippen molar-refractivity contribution in [1.82, 2.24) is 5.32 Å². The third-order valence-electron chi connectivity index (χ3n) is 4.17. The number of hydrogen-bond acceptors (Lipinski definition) is 3. The fourth-order valence-corrected chi connectivity index (χ4v) is 2.92. The summed E-state index contributed by atoms with van der Waals surface area (Å²) in [6.45, 7) is 1.44. The number of fused-ring (bicyclic) bond motifs is 1. The summed E-state index contributed by atoms with van der Waals surface area (Å²) in [6.07, 6.45) is 0.546. The molecule has 3 rings (SSSR count). The molecule has 1 saturated heterocycles. The fourth-order valence-electron chi connectivity index (χ4n) is 2.92. The van der Waals surface area contributed by atoms with Gasteiger partial charge in [-0.3, -0.25) is 9.59 Å². The van der Waals surface area contributed by atoms with Gasteiger partial charge in [0.2, 0.25) is 11.8 Å². The van der Waals surface area contributed by atoms with Crippen LogP contribution in [0.2, 0.25) is 0 Å². The molecular weight excluding hydrogens is 292 g/mol. The molecule has 1 heterocycles. The van der Waals surface area contributed by atoms with Gasteiger partial charge in [0.1, 0.15) is 5.92 Å². The SMILES string of the molecule is COCCNC(=O)C1CCN(c2ccc3ccccc3c2)C1=O. The minimum atomic E-state index is -0.599. The molecule has 2 aromatic carbocycles. The maximum absolute atomic E-state index is 12.6. The van der Waals surface area contributed by atoms with Gasteiger partial charge in [0.05, 0.1) is 6.61 Å². The van der Waals surface area contributed by atoms with Crippen LogP contribution in [0.5, 0.6) is 0 Å². The number of rotatable bonds is 5. The van der Waals surface area contributed by atoms with Crippen molar-refractivity contribution in [1.29, 1.82) is 0 Å². The first-order valence-corrected chi connectivity index (χ1v) is 7.77. The van der Waals surface area contributed by atoms with Gasteiger partial charge in [-0.1, -0.05) is 30.3 Å². The molecule has 2 aromatic rings. The summed E-state index contributed by atoms with van der Waals surface area (Å²) < 4.78 is 4.90. The van der Waals surface area contributed by atoms with E-state index in [0.717, 1.165) is 16.5 Å². The van der Waals surface area contributed by atoms with Crippen LogP contribution < -0.4 is 10.2 Å². The summed E-state index contributed by atoms with van der Waals surface area (Å²) in [7, 11) is 1.58. The third kappa shape index (κ3) is 3.19. The van der Waals surface area contributed by atoms with Gasteiger partial charge in [-0.05, 0) is 29.3 Å². The number of amides is 2. The van der Waals surface area contributed by atoms with Gasteiger partial charge < -0.3 is 15.0 Å². The highest BCUT2D eigenvalue weighted by atomic mass is 16.5. The van der Waals surface area contributed by atoms with Gasteiger partial charge in [0.15, 0.2) is 0 Å². The van der Waals surface area contributed by atoms with Crippen molar-refractivity contribution < 1.29 is 14.3 Å². The van der Waals surface area contributed by atoms with Crippen LogP contribution in [0.25, 0.3) is 10.8 Å². The van der Waals surface area contributed by atoms with Gasteiger partial charge in [-0.15, -0.1) is 0 Å². The summed E-state index contributed by atoms with van der Waals surface area (Å²) >= 11 is 0. The Kier molecular flexibility index (Phi) is 4.57. The molecule has 5 heteroatoms. The Labute approximate surface area is 135 Å². The van der Waals surface area contributed by atoms with Crippen LogP contribution in [0, 0.1) is 5.92 Å². The Balaban J connectivity index is 1.73. The molecule has 0 radical (unpaired) electrons. The Hall–Kier alpha value is -2.40. The number of anilines is 1. The first-order valence-electron chi connectivity index (χ1n) is 7.77. The van der Waals surface area contributed by atoms with Gasteiger partial charge in [-0.2, -0.15) is 0 Å². The Morgan fingerprint density at radius 2 is 2.04 bits per heavy atom. The maximum atomic E-state index is 12.6. The summed E-state index contributed by atoms with van der Waals surface area (Å²) in [5.74, 6) is -0.941. The molecule has 1 N–H and O–H groups in total. The Morgan fingerprint density at radius 3 is 2.83 bits per heavy atom. The number of carbonyl (C=O) groups is 2. The minimum absolute atomic E-state index is 0.129. The maximum Gasteiger partial charge on any atom is 0.239 e. The molecular formula is C18H20N2O3. The van der Waals surface area contributed by atoms with Crippen LogP contribution in [0.15, 0.2) is 42.5 Å². The lowest BCUT2D eigenvalue weighted by Gasteiger charge is -2.17. The van der Waals surface area contributed by atoms with E-state index >= 15 is 0 Å². The highest BCUT2D eigenvalue weighted by Crippen LogP contribution is 2.28. The molecule has 1 aliphatic heterocycles. The molecule has 1 unspecified atom stereocenters. The number of hydrogen-bond donors (Lipinski definition) is 1. The average Bonchev–Trinajstić information content (AvgIpc) is 2.96. The van der Waals surface area contributed by atoms with E-state index in [1.54, 1.807) is 12.0 Å². The third-order valence-corrected chi connectivity index (χ3v) is 4.17. The highest BCUT2D eigenvalue weighted by molar-refractivity contribution is 6.10. The zero-order chi connectivity index (χ0) is 16.2. The molecule has 0 aliphatic carbocycles. The van der Waals surface area contributed by atoms with Gasteiger partial charge in [0, 0.05) is 25.9 Å². The minimum Gasteiger partial charge on any atom is -0.383 e. The van der Waals surface area contributed by atoms with Gasteiger partial charge in [0.25, 0.3) is 0 Å². The zero-order valence-electron chi connectivity index (χ0n) is 13.1. The lowest BCUT2D eigenvalue weighted by Crippen LogP contribution is -2.38. The van der Waals surface area contributed by atoms with Crippen molar-refractivity contribution in [2.24, 2.45) is 5.92 Å². The topological polar surface area (TPSA) is 58.6 Å². The van der Waals surface area contributed by atoms with E-state index in [2.05, 4.69) is 5.32 Å². The van der Waals surface area contributed by atoms with Crippen LogP contribution in [-0.2, 0) is 14.3 Å². The largest absolute Gasteiger partial charge is 0.383 e. The van der Waals surface area contributed by atoms with Crippen LogP contribution in [0.3, 0.4) is 0 Å². The fraction of sp³-hybridized carbons (Fsp3) is 0.333. The summed E-state index contributed by atoms with van der Waals surface area (Å²) in [5.41, 5.74) is 0.848. The second kappa shape index (κ2) is 6.79. The van der Waals surface area contributed by atoms with Gasteiger partial charge >= 0.3 is 0 Å².